The van der Waals surface area contributed by atoms with Crippen molar-refractivity contribution in [3.05, 3.63) is 135 Å². The third-order valence-electron chi connectivity index (χ3n) is 13.1. The zero-order chi connectivity index (χ0) is 59.0. The van der Waals surface area contributed by atoms with E-state index in [-0.39, 0.29) is 97.9 Å². The Labute approximate surface area is 475 Å². The molecule has 3 heterocycles. The predicted molar refractivity (Wildman–Crippen MR) is 299 cm³/mol. The van der Waals surface area contributed by atoms with Gasteiger partial charge in [0.15, 0.2) is 26.4 Å². The molecule has 21 nitrogen and oxygen atoms in total. The molecule has 4 N–H and O–H groups in total. The average molecular weight is 1130 g/mol. The van der Waals surface area contributed by atoms with Crippen LogP contribution in [0.5, 0.6) is 23.0 Å². The van der Waals surface area contributed by atoms with Gasteiger partial charge in [0.25, 0.3) is 11.8 Å². The van der Waals surface area contributed by atoms with Gasteiger partial charge in [-0.15, -0.1) is 0 Å². The summed E-state index contributed by atoms with van der Waals surface area (Å²) in [6, 6.07) is 19.2. The number of pyridine rings is 1. The van der Waals surface area contributed by atoms with Gasteiger partial charge in [-0.2, -0.15) is 0 Å². The van der Waals surface area contributed by atoms with E-state index in [0.29, 0.717) is 44.5 Å². The number of ether oxygens (including phenoxy) is 8. The molecular weight excluding hydrogens is 1060 g/mol. The highest BCUT2D eigenvalue weighted by molar-refractivity contribution is 6.03. The molecule has 0 radical (unpaired) electrons. The Morgan fingerprint density at radius 1 is 0.439 bits per heavy atom. The molecule has 82 heavy (non-hydrogen) atoms. The van der Waals surface area contributed by atoms with E-state index in [1.54, 1.807) is 116 Å². The Bertz CT molecular complexity index is 2910. The number of carbonyl (C=O) groups is 8. The summed E-state index contributed by atoms with van der Waals surface area (Å²) in [6.07, 6.45) is -0.130. The van der Waals surface area contributed by atoms with Crippen LogP contribution in [0.25, 0.3) is 0 Å². The molecule has 0 fully saturated rings. The number of nitrogens with zero attached hydrogens (tertiary/aromatic N) is 1. The molecule has 0 unspecified atom stereocenters. The molecule has 12 bridgehead atoms. The normalized spacial score (nSPS) is 15.2. The van der Waals surface area contributed by atoms with E-state index in [2.05, 4.69) is 26.3 Å². The van der Waals surface area contributed by atoms with Crippen LogP contribution < -0.4 is 40.2 Å². The van der Waals surface area contributed by atoms with Gasteiger partial charge >= 0.3 is 23.9 Å². The van der Waals surface area contributed by atoms with E-state index in [1.165, 1.54) is 18.2 Å². The fourth-order valence-electron chi connectivity index (χ4n) is 9.54. The van der Waals surface area contributed by atoms with E-state index in [0.717, 1.165) is 0 Å². The molecule has 4 aromatic carbocycles. The summed E-state index contributed by atoms with van der Waals surface area (Å²) in [4.78, 5) is 115. The van der Waals surface area contributed by atoms with Gasteiger partial charge in [-0.1, -0.05) is 70.2 Å². The maximum absolute atomic E-state index is 14.7. The number of carbonyl (C=O) groups excluding carboxylic acids is 8. The highest BCUT2D eigenvalue weighted by atomic mass is 16.6. The van der Waals surface area contributed by atoms with Gasteiger partial charge in [0.1, 0.15) is 46.5 Å². The highest BCUT2D eigenvalue weighted by Gasteiger charge is 2.31. The summed E-state index contributed by atoms with van der Waals surface area (Å²) >= 11 is 0. The number of esters is 4. The standard InChI is InChI=1S/C61H69N5O16/c1-9-75-48(67)30-79-54-36-16-13-17-37(54)23-41-27-45-29-43(57(41)82-33-51(70)78-12-4)25-39-19-14-18-38(55(39)80-31-49(68)76-10-2)24-42-28-44(26-40(22-36)56(42)81-32-50(69)77-11-3)62-60(73)52(34(5)6)65-58(71)46-20-15-21-47(64-46)59(72)66-53(35(7)8)61(74)63-45/h13-21,26-29,34-35,52-53H,9-12,22-25,30-33H2,1-8H3,(H,62,73)(H,63,74)(H,65,71)(H,66,72)/t52-,53-/m0/s1. The summed E-state index contributed by atoms with van der Waals surface area (Å²) in [5.74, 6) is -5.54. The van der Waals surface area contributed by atoms with E-state index < -0.39 is 97.9 Å². The predicted octanol–water partition coefficient (Wildman–Crippen LogP) is 6.63. The average Bonchev–Trinajstić information content (AvgIpc) is 3.52. The van der Waals surface area contributed by atoms with Crippen molar-refractivity contribution in [3.8, 4) is 23.0 Å². The lowest BCUT2D eigenvalue weighted by Gasteiger charge is -2.25. The minimum atomic E-state index is -1.17. The van der Waals surface area contributed by atoms with E-state index in [4.69, 9.17) is 37.9 Å². The summed E-state index contributed by atoms with van der Waals surface area (Å²) < 4.78 is 47.1. The van der Waals surface area contributed by atoms with Crippen LogP contribution in [0, 0.1) is 11.8 Å². The molecule has 5 aromatic rings. The summed E-state index contributed by atoms with van der Waals surface area (Å²) in [5, 5.41) is 11.6. The molecule has 21 heteroatoms. The first-order valence-electron chi connectivity index (χ1n) is 27.3. The van der Waals surface area contributed by atoms with E-state index in [9.17, 15) is 38.4 Å². The zero-order valence-corrected chi connectivity index (χ0v) is 47.3. The van der Waals surface area contributed by atoms with Crippen LogP contribution in [-0.4, -0.2) is 117 Å². The number of nitrogens with one attached hydrogen (secondary N) is 4. The topological polar surface area (TPSA) is 271 Å². The van der Waals surface area contributed by atoms with Crippen LogP contribution in [-0.2, 0) is 73.4 Å². The molecule has 1 aliphatic carbocycles. The van der Waals surface area contributed by atoms with Crippen molar-refractivity contribution in [2.75, 3.05) is 63.5 Å². The maximum Gasteiger partial charge on any atom is 0.344 e. The molecule has 0 saturated carbocycles. The number of fused-ring (bicyclic) bond motifs is 8. The molecule has 2 aliphatic heterocycles. The van der Waals surface area contributed by atoms with Gasteiger partial charge in [0, 0.05) is 59.3 Å². The Morgan fingerprint density at radius 2 is 0.707 bits per heavy atom. The van der Waals surface area contributed by atoms with E-state index in [1.807, 2.05) is 0 Å². The second-order valence-electron chi connectivity index (χ2n) is 19.9. The quantitative estimate of drug-likeness (QED) is 0.0520. The first kappa shape index (κ1) is 60.6. The van der Waals surface area contributed by atoms with Crippen LogP contribution in [0.4, 0.5) is 11.4 Å². The zero-order valence-electron chi connectivity index (χ0n) is 47.3. The lowest BCUT2D eigenvalue weighted by molar-refractivity contribution is -0.146. The van der Waals surface area contributed by atoms with Gasteiger partial charge in [0.2, 0.25) is 11.8 Å². The van der Waals surface area contributed by atoms with Crippen molar-refractivity contribution >= 4 is 58.9 Å². The van der Waals surface area contributed by atoms with Crippen molar-refractivity contribution in [2.45, 2.75) is 93.2 Å². The first-order valence-corrected chi connectivity index (χ1v) is 27.3. The third-order valence-corrected chi connectivity index (χ3v) is 13.1. The second-order valence-corrected chi connectivity index (χ2v) is 19.9. The number of benzene rings is 4. The Morgan fingerprint density at radius 3 is 0.976 bits per heavy atom. The van der Waals surface area contributed by atoms with Gasteiger partial charge in [-0.05, 0) is 98.2 Å². The highest BCUT2D eigenvalue weighted by Crippen LogP contribution is 2.41. The Balaban J connectivity index is 1.58. The molecule has 2 atom stereocenters. The van der Waals surface area contributed by atoms with Gasteiger partial charge < -0.3 is 59.2 Å². The number of hydrogen-bond donors (Lipinski definition) is 4. The molecule has 1 aromatic heterocycles. The van der Waals surface area contributed by atoms with Crippen molar-refractivity contribution in [1.82, 2.24) is 15.6 Å². The van der Waals surface area contributed by atoms with Crippen molar-refractivity contribution in [1.29, 1.82) is 0 Å². The van der Waals surface area contributed by atoms with Crippen LogP contribution in [0.2, 0.25) is 0 Å². The SMILES string of the molecule is CCOC(=O)COc1c2cccc1Cc1cc3cc(c1OCC(=O)OCC)Cc1cccc(c1OCC(=O)OCC)Cc1cc(cc(c1OCC(=O)OCC)C2)NC(=O)[C@H](C(C)C)NC(=O)c1cccc(n1)C(=O)N[C@@H](C(C)C)C(=O)N3. The van der Waals surface area contributed by atoms with Gasteiger partial charge in [-0.25, -0.2) is 24.2 Å². The van der Waals surface area contributed by atoms with Crippen molar-refractivity contribution < 1.29 is 76.3 Å². The third kappa shape index (κ3) is 15.7. The number of amides is 4. The molecule has 8 rings (SSSR count). The minimum Gasteiger partial charge on any atom is -0.481 e. The second kappa shape index (κ2) is 28.4. The Hall–Kier alpha value is -9.01. The maximum atomic E-state index is 14.7. The molecule has 434 valence electrons. The first-order chi connectivity index (χ1) is 39.4. The van der Waals surface area contributed by atoms with E-state index >= 15 is 0 Å². The van der Waals surface area contributed by atoms with Crippen LogP contribution in [0.15, 0.2) is 78.9 Å². The van der Waals surface area contributed by atoms with Crippen LogP contribution in [0.1, 0.15) is 121 Å². The lowest BCUT2D eigenvalue weighted by Crippen LogP contribution is -2.48. The van der Waals surface area contributed by atoms with Gasteiger partial charge in [-0.3, -0.25) is 19.2 Å². The molecule has 0 spiro atoms. The lowest BCUT2D eigenvalue weighted by atomic mass is 9.90. The smallest absolute Gasteiger partial charge is 0.344 e. The monoisotopic (exact) mass is 1130 g/mol. The molecule has 4 amide bonds. The number of para-hydroxylation sites is 2. The van der Waals surface area contributed by atoms with Crippen molar-refractivity contribution in [2.24, 2.45) is 11.8 Å². The molecule has 0 saturated heterocycles. The Kier molecular flexibility index (Phi) is 21.0. The minimum absolute atomic E-state index is 0.0324. The summed E-state index contributed by atoms with van der Waals surface area (Å²) in [5.41, 5.74) is 3.77. The fraction of sp³-hybridized carbons (Fsp3) is 0.393. The van der Waals surface area contributed by atoms with Crippen LogP contribution >= 0.6 is 0 Å². The van der Waals surface area contributed by atoms with Crippen LogP contribution in [0.3, 0.4) is 0 Å². The van der Waals surface area contributed by atoms with Gasteiger partial charge in [0.05, 0.1) is 26.4 Å². The fourth-order valence-corrected chi connectivity index (χ4v) is 9.54. The molecule has 3 aliphatic rings. The number of anilines is 2. The molecular formula is C61H69N5O16. The number of hydrogen-bond acceptors (Lipinski definition) is 17. The largest absolute Gasteiger partial charge is 0.481 e. The van der Waals surface area contributed by atoms with Crippen molar-refractivity contribution in [3.63, 3.8) is 0 Å². The number of aromatic nitrogens is 1. The number of rotatable bonds is 18. The summed E-state index contributed by atoms with van der Waals surface area (Å²) in [7, 11) is 0. The summed E-state index contributed by atoms with van der Waals surface area (Å²) in [6.45, 7) is 11.8.